The van der Waals surface area contributed by atoms with E-state index in [1.807, 2.05) is 0 Å². The zero-order chi connectivity index (χ0) is 15.1. The first kappa shape index (κ1) is 14.5. The highest BCUT2D eigenvalue weighted by molar-refractivity contribution is 7.15. The van der Waals surface area contributed by atoms with Crippen LogP contribution in [0.4, 0.5) is 23.1 Å². The summed E-state index contributed by atoms with van der Waals surface area (Å²) in [5, 5.41) is 1.99. The van der Waals surface area contributed by atoms with E-state index in [9.17, 15) is 22.8 Å². The minimum Gasteiger partial charge on any atom is -0.316 e. The van der Waals surface area contributed by atoms with Crippen molar-refractivity contribution < 1.29 is 22.8 Å². The third-order valence-corrected chi connectivity index (χ3v) is 3.75. The number of anilines is 1. The lowest BCUT2D eigenvalue weighted by Crippen LogP contribution is -2.56. The minimum atomic E-state index is -4.87. The minimum absolute atomic E-state index is 0.296. The molecule has 110 valence electrons. The summed E-state index contributed by atoms with van der Waals surface area (Å²) >= 11 is 1.03. The van der Waals surface area contributed by atoms with E-state index in [4.69, 9.17) is 5.84 Å². The first-order chi connectivity index (χ1) is 9.19. The zero-order valence-electron chi connectivity index (χ0n) is 10.1. The summed E-state index contributed by atoms with van der Waals surface area (Å²) in [6.45, 7) is 0.336. The van der Waals surface area contributed by atoms with E-state index in [0.29, 0.717) is 21.8 Å². The Morgan fingerprint density at radius 1 is 1.55 bits per heavy atom. The van der Waals surface area contributed by atoms with E-state index in [1.54, 1.807) is 5.32 Å². The summed E-state index contributed by atoms with van der Waals surface area (Å²) in [7, 11) is 0. The number of nitrogens with zero attached hydrogens (tertiary/aromatic N) is 2. The van der Waals surface area contributed by atoms with Gasteiger partial charge in [0.2, 0.25) is 5.54 Å². The van der Waals surface area contributed by atoms with Crippen LogP contribution in [-0.4, -0.2) is 33.5 Å². The average molecular weight is 309 g/mol. The van der Waals surface area contributed by atoms with Gasteiger partial charge in [-0.2, -0.15) is 13.2 Å². The highest BCUT2D eigenvalue weighted by Gasteiger charge is 2.64. The number of imide groups is 1. The molecular formula is C9H10F3N5O2S. The van der Waals surface area contributed by atoms with Gasteiger partial charge in [-0.15, -0.1) is 0 Å². The van der Waals surface area contributed by atoms with Gasteiger partial charge < -0.3 is 5.32 Å². The van der Waals surface area contributed by atoms with E-state index >= 15 is 0 Å². The van der Waals surface area contributed by atoms with Gasteiger partial charge >= 0.3 is 12.2 Å². The van der Waals surface area contributed by atoms with Gasteiger partial charge in [0.25, 0.3) is 5.91 Å². The number of urea groups is 1. The number of thiazole rings is 1. The summed E-state index contributed by atoms with van der Waals surface area (Å²) in [6.07, 6.45) is -3.55. The Kier molecular flexibility index (Phi) is 3.34. The molecule has 20 heavy (non-hydrogen) atoms. The van der Waals surface area contributed by atoms with Crippen molar-refractivity contribution >= 4 is 28.4 Å². The van der Waals surface area contributed by atoms with Gasteiger partial charge in [-0.3, -0.25) is 15.1 Å². The van der Waals surface area contributed by atoms with Crippen LogP contribution in [0.5, 0.6) is 0 Å². The molecule has 0 aliphatic carbocycles. The molecule has 1 atom stereocenters. The molecular weight excluding hydrogens is 299 g/mol. The van der Waals surface area contributed by atoms with Crippen LogP contribution in [-0.2, 0) is 11.3 Å². The predicted molar refractivity (Wildman–Crippen MR) is 63.5 cm³/mol. The predicted octanol–water partition coefficient (Wildman–Crippen LogP) is 0.802. The number of hydrogen-bond donors (Lipinski definition) is 3. The molecule has 0 bridgehead atoms. The van der Waals surface area contributed by atoms with E-state index in [1.165, 1.54) is 6.20 Å². The number of alkyl halides is 3. The third-order valence-electron chi connectivity index (χ3n) is 2.83. The summed E-state index contributed by atoms with van der Waals surface area (Å²) in [5.74, 6) is 3.77. The van der Waals surface area contributed by atoms with Gasteiger partial charge in [-0.05, 0) is 6.92 Å². The molecule has 0 aromatic carbocycles. The Balaban J connectivity index is 2.21. The lowest BCUT2D eigenvalue weighted by molar-refractivity contribution is -0.191. The van der Waals surface area contributed by atoms with Crippen molar-refractivity contribution in [1.82, 2.24) is 15.2 Å². The van der Waals surface area contributed by atoms with Crippen molar-refractivity contribution in [2.45, 2.75) is 25.2 Å². The van der Waals surface area contributed by atoms with Crippen LogP contribution >= 0.6 is 11.3 Å². The molecule has 2 heterocycles. The van der Waals surface area contributed by atoms with Crippen molar-refractivity contribution in [2.24, 2.45) is 5.84 Å². The fourth-order valence-corrected chi connectivity index (χ4v) is 2.35. The number of aromatic nitrogens is 1. The lowest BCUT2D eigenvalue weighted by atomic mass is 10.0. The molecule has 1 aromatic rings. The SMILES string of the molecule is CC1(C(F)(F)F)NC(=O)N(Cc2cnc(NN)s2)C1=O. The fourth-order valence-electron chi connectivity index (χ4n) is 1.64. The summed E-state index contributed by atoms with van der Waals surface area (Å²) < 4.78 is 38.5. The molecule has 0 radical (unpaired) electrons. The number of nitrogens with two attached hydrogens (primary N) is 1. The molecule has 4 N–H and O–H groups in total. The van der Waals surface area contributed by atoms with E-state index in [-0.39, 0.29) is 6.54 Å². The number of amides is 3. The Hall–Kier alpha value is -1.88. The molecule has 7 nitrogen and oxygen atoms in total. The van der Waals surface area contributed by atoms with Crippen LogP contribution in [0.15, 0.2) is 6.20 Å². The molecule has 1 fully saturated rings. The number of hydrogen-bond acceptors (Lipinski definition) is 6. The monoisotopic (exact) mass is 309 g/mol. The quantitative estimate of drug-likeness (QED) is 0.436. The molecule has 1 saturated heterocycles. The summed E-state index contributed by atoms with van der Waals surface area (Å²) in [6, 6.07) is -1.09. The number of hydrazine groups is 1. The molecule has 1 unspecified atom stereocenters. The van der Waals surface area contributed by atoms with Crippen LogP contribution in [0, 0.1) is 0 Å². The second-order valence-corrected chi connectivity index (χ2v) is 5.34. The smallest absolute Gasteiger partial charge is 0.316 e. The average Bonchev–Trinajstić information content (AvgIpc) is 2.88. The maximum atomic E-state index is 12.8. The number of carbonyl (C=O) groups is 2. The first-order valence-electron chi connectivity index (χ1n) is 5.31. The normalized spacial score (nSPS) is 23.1. The van der Waals surface area contributed by atoms with Crippen molar-refractivity contribution in [2.75, 3.05) is 5.43 Å². The second kappa shape index (κ2) is 4.59. The second-order valence-electron chi connectivity index (χ2n) is 4.22. The molecule has 3 amide bonds. The number of nitrogen functional groups attached to an aromatic ring is 1. The van der Waals surface area contributed by atoms with E-state index < -0.39 is 23.7 Å². The van der Waals surface area contributed by atoms with E-state index in [2.05, 4.69) is 10.4 Å². The van der Waals surface area contributed by atoms with E-state index in [0.717, 1.165) is 11.3 Å². The van der Waals surface area contributed by atoms with Gasteiger partial charge in [0.15, 0.2) is 5.13 Å². The van der Waals surface area contributed by atoms with Gasteiger partial charge in [-0.25, -0.2) is 15.6 Å². The highest BCUT2D eigenvalue weighted by atomic mass is 32.1. The number of rotatable bonds is 3. The highest BCUT2D eigenvalue weighted by Crippen LogP contribution is 2.36. The molecule has 1 aliphatic heterocycles. The Morgan fingerprint density at radius 3 is 2.65 bits per heavy atom. The van der Waals surface area contributed by atoms with Crippen LogP contribution in [0.25, 0.3) is 0 Å². The number of nitrogens with one attached hydrogen (secondary N) is 2. The molecule has 1 aliphatic rings. The Labute approximate surface area is 114 Å². The third kappa shape index (κ3) is 2.18. The molecule has 0 saturated carbocycles. The van der Waals surface area contributed by atoms with Crippen LogP contribution in [0.2, 0.25) is 0 Å². The van der Waals surface area contributed by atoms with Crippen LogP contribution < -0.4 is 16.6 Å². The zero-order valence-corrected chi connectivity index (χ0v) is 10.9. The van der Waals surface area contributed by atoms with Crippen molar-refractivity contribution in [1.29, 1.82) is 0 Å². The lowest BCUT2D eigenvalue weighted by Gasteiger charge is -2.24. The maximum absolute atomic E-state index is 12.8. The van der Waals surface area contributed by atoms with Crippen LogP contribution in [0.1, 0.15) is 11.8 Å². The van der Waals surface area contributed by atoms with Gasteiger partial charge in [0, 0.05) is 11.1 Å². The maximum Gasteiger partial charge on any atom is 0.420 e. The largest absolute Gasteiger partial charge is 0.420 e. The fraction of sp³-hybridized carbons (Fsp3) is 0.444. The van der Waals surface area contributed by atoms with Gasteiger partial charge in [-0.1, -0.05) is 11.3 Å². The standard InChI is InChI=1S/C9H10F3N5O2S/c1-8(9(10,11)12)5(18)17(7(19)15-8)3-4-2-14-6(16-13)20-4/h2H,3,13H2,1H3,(H,14,16)(H,15,19). The van der Waals surface area contributed by atoms with Gasteiger partial charge in [0.05, 0.1) is 6.54 Å². The van der Waals surface area contributed by atoms with Crippen LogP contribution in [0.3, 0.4) is 0 Å². The first-order valence-corrected chi connectivity index (χ1v) is 6.13. The topological polar surface area (TPSA) is 100 Å². The Bertz CT molecular complexity index is 560. The van der Waals surface area contributed by atoms with Crippen molar-refractivity contribution in [3.05, 3.63) is 11.1 Å². The van der Waals surface area contributed by atoms with Crippen molar-refractivity contribution in [3.63, 3.8) is 0 Å². The molecule has 2 rings (SSSR count). The number of carbonyl (C=O) groups excluding carboxylic acids is 2. The molecule has 1 aromatic heterocycles. The molecule has 11 heteroatoms. The summed E-state index contributed by atoms with van der Waals surface area (Å²) in [5.41, 5.74) is -0.640. The Morgan fingerprint density at radius 2 is 2.20 bits per heavy atom. The molecule has 0 spiro atoms. The van der Waals surface area contributed by atoms with Gasteiger partial charge in [0.1, 0.15) is 0 Å². The summed E-state index contributed by atoms with van der Waals surface area (Å²) in [4.78, 5) is 28.1. The van der Waals surface area contributed by atoms with Crippen molar-refractivity contribution in [3.8, 4) is 0 Å². The number of halogens is 3.